The Bertz CT molecular complexity index is 294. The van der Waals surface area contributed by atoms with Gasteiger partial charge < -0.3 is 5.41 Å². The van der Waals surface area contributed by atoms with Gasteiger partial charge in [0.15, 0.2) is 0 Å². The maximum Gasteiger partial charge on any atom is 0.149 e. The lowest BCUT2D eigenvalue weighted by atomic mass is 10.0. The molecule has 0 heterocycles. The predicted octanol–water partition coefficient (Wildman–Crippen LogP) is 3.92. The van der Waals surface area contributed by atoms with E-state index in [2.05, 4.69) is 13.8 Å². The fourth-order valence-electron chi connectivity index (χ4n) is 1.30. The van der Waals surface area contributed by atoms with E-state index in [0.717, 1.165) is 31.1 Å². The molecule has 0 aliphatic heterocycles. The third kappa shape index (κ3) is 7.16. The van der Waals surface area contributed by atoms with Crippen molar-refractivity contribution in [2.75, 3.05) is 0 Å². The molecule has 0 fully saturated rings. The normalized spacial score (nSPS) is 10.8. The zero-order chi connectivity index (χ0) is 12.6. The second kappa shape index (κ2) is 8.03. The fourth-order valence-corrected chi connectivity index (χ4v) is 1.30. The number of hydrogen-bond donors (Lipinski definition) is 1. The maximum absolute atomic E-state index is 10.7. The minimum atomic E-state index is 0.598. The van der Waals surface area contributed by atoms with Crippen molar-refractivity contribution in [3.05, 3.63) is 23.3 Å². The van der Waals surface area contributed by atoms with Crippen LogP contribution in [0.5, 0.6) is 0 Å². The van der Waals surface area contributed by atoms with Crippen molar-refractivity contribution in [2.45, 2.75) is 47.0 Å². The van der Waals surface area contributed by atoms with Crippen molar-refractivity contribution < 1.29 is 4.79 Å². The van der Waals surface area contributed by atoms with Gasteiger partial charge in [-0.1, -0.05) is 25.8 Å². The molecule has 0 aliphatic carbocycles. The summed E-state index contributed by atoms with van der Waals surface area (Å²) in [6.07, 6.45) is 7.30. The Morgan fingerprint density at radius 3 is 2.31 bits per heavy atom. The fraction of sp³-hybridized carbons (Fsp3) is 0.571. The molecule has 0 saturated carbocycles. The first kappa shape index (κ1) is 14.8. The highest BCUT2D eigenvalue weighted by molar-refractivity contribution is 5.94. The summed E-state index contributed by atoms with van der Waals surface area (Å²) in [5, 5.41) is 7.72. The minimum absolute atomic E-state index is 0.598. The number of aldehydes is 1. The third-order valence-electron chi connectivity index (χ3n) is 2.40. The molecule has 0 bridgehead atoms. The van der Waals surface area contributed by atoms with Crippen LogP contribution < -0.4 is 0 Å². The van der Waals surface area contributed by atoms with Gasteiger partial charge in [-0.25, -0.2) is 0 Å². The smallest absolute Gasteiger partial charge is 0.149 e. The second-order valence-electron chi connectivity index (χ2n) is 4.72. The Kier molecular flexibility index (Phi) is 7.44. The van der Waals surface area contributed by atoms with Crippen molar-refractivity contribution in [1.29, 1.82) is 5.41 Å². The van der Waals surface area contributed by atoms with Gasteiger partial charge in [0, 0.05) is 11.3 Å². The van der Waals surface area contributed by atoms with Crippen LogP contribution in [0.1, 0.15) is 47.0 Å². The molecule has 0 aromatic rings. The lowest BCUT2D eigenvalue weighted by Crippen LogP contribution is -1.95. The summed E-state index contributed by atoms with van der Waals surface area (Å²) in [5.74, 6) is 0.695. The van der Waals surface area contributed by atoms with Gasteiger partial charge in [0.1, 0.15) is 6.29 Å². The van der Waals surface area contributed by atoms with Crippen LogP contribution in [0.2, 0.25) is 0 Å². The molecule has 0 atom stereocenters. The van der Waals surface area contributed by atoms with E-state index >= 15 is 0 Å². The van der Waals surface area contributed by atoms with Gasteiger partial charge in [-0.3, -0.25) is 4.79 Å². The number of allylic oxidation sites excluding steroid dienone is 4. The van der Waals surface area contributed by atoms with Crippen molar-refractivity contribution in [3.63, 3.8) is 0 Å². The summed E-state index contributed by atoms with van der Waals surface area (Å²) in [7, 11) is 0. The molecule has 1 N–H and O–H groups in total. The van der Waals surface area contributed by atoms with Gasteiger partial charge in [0.25, 0.3) is 0 Å². The standard InChI is InChI=1S/C14H23NO/c1-11(2)6-5-7-14(15)9-8-13(10-16)12(3)4/h8-11,15H,5-7H2,1-4H3/b9-8-,15-14?. The summed E-state index contributed by atoms with van der Waals surface area (Å²) < 4.78 is 0. The average Bonchev–Trinajstić information content (AvgIpc) is 2.17. The van der Waals surface area contributed by atoms with Crippen LogP contribution in [0.3, 0.4) is 0 Å². The molecule has 0 amide bonds. The van der Waals surface area contributed by atoms with Gasteiger partial charge in [-0.15, -0.1) is 0 Å². The molecule has 0 radical (unpaired) electrons. The Morgan fingerprint density at radius 1 is 1.25 bits per heavy atom. The van der Waals surface area contributed by atoms with E-state index in [0.29, 0.717) is 17.2 Å². The molecule has 0 saturated heterocycles. The number of carbonyl (C=O) groups is 1. The number of carbonyl (C=O) groups excluding carboxylic acids is 1. The Morgan fingerprint density at radius 2 is 1.88 bits per heavy atom. The Hall–Kier alpha value is -1.18. The molecular weight excluding hydrogens is 198 g/mol. The lowest BCUT2D eigenvalue weighted by molar-refractivity contribution is -0.104. The molecule has 0 aromatic heterocycles. The molecule has 2 nitrogen and oxygen atoms in total. The summed E-state index contributed by atoms with van der Waals surface area (Å²) in [6.45, 7) is 8.17. The van der Waals surface area contributed by atoms with Gasteiger partial charge in [0.05, 0.1) is 0 Å². The third-order valence-corrected chi connectivity index (χ3v) is 2.40. The number of rotatable bonds is 7. The topological polar surface area (TPSA) is 40.9 Å². The summed E-state index contributed by atoms with van der Waals surface area (Å²) in [6, 6.07) is 0. The van der Waals surface area contributed by atoms with E-state index in [1.807, 2.05) is 13.8 Å². The number of nitrogens with one attached hydrogen (secondary N) is 1. The lowest BCUT2D eigenvalue weighted by Gasteiger charge is -2.03. The zero-order valence-corrected chi connectivity index (χ0v) is 10.8. The predicted molar refractivity (Wildman–Crippen MR) is 70.0 cm³/mol. The highest BCUT2D eigenvalue weighted by Crippen LogP contribution is 2.08. The monoisotopic (exact) mass is 221 g/mol. The van der Waals surface area contributed by atoms with Crippen LogP contribution >= 0.6 is 0 Å². The van der Waals surface area contributed by atoms with Gasteiger partial charge in [0.2, 0.25) is 0 Å². The SMILES string of the molecule is CC(C)=C(C=O)/C=C\C(=N)CCCC(C)C. The molecular formula is C14H23NO. The number of hydrogen-bond acceptors (Lipinski definition) is 2. The first-order valence-electron chi connectivity index (χ1n) is 5.85. The van der Waals surface area contributed by atoms with E-state index < -0.39 is 0 Å². The summed E-state index contributed by atoms with van der Waals surface area (Å²) in [5.41, 5.74) is 2.26. The first-order chi connectivity index (χ1) is 7.47. The molecule has 0 spiro atoms. The van der Waals surface area contributed by atoms with Crippen molar-refractivity contribution >= 4 is 12.0 Å². The van der Waals surface area contributed by atoms with Crippen LogP contribution in [-0.2, 0) is 4.79 Å². The van der Waals surface area contributed by atoms with Gasteiger partial charge in [-0.2, -0.15) is 0 Å². The van der Waals surface area contributed by atoms with E-state index in [1.54, 1.807) is 12.2 Å². The van der Waals surface area contributed by atoms with Gasteiger partial charge in [-0.05, 0) is 44.8 Å². The molecule has 0 unspecified atom stereocenters. The Labute approximate surface area is 99.0 Å². The van der Waals surface area contributed by atoms with Crippen LogP contribution in [-0.4, -0.2) is 12.0 Å². The summed E-state index contributed by atoms with van der Waals surface area (Å²) in [4.78, 5) is 10.7. The van der Waals surface area contributed by atoms with E-state index in [1.165, 1.54) is 0 Å². The summed E-state index contributed by atoms with van der Waals surface area (Å²) >= 11 is 0. The van der Waals surface area contributed by atoms with E-state index in [4.69, 9.17) is 5.41 Å². The van der Waals surface area contributed by atoms with Crippen LogP contribution in [0.15, 0.2) is 23.3 Å². The van der Waals surface area contributed by atoms with Crippen LogP contribution in [0, 0.1) is 11.3 Å². The Balaban J connectivity index is 4.09. The molecule has 2 heteroatoms. The highest BCUT2D eigenvalue weighted by Gasteiger charge is 1.97. The minimum Gasteiger partial charge on any atom is -0.305 e. The average molecular weight is 221 g/mol. The van der Waals surface area contributed by atoms with Gasteiger partial charge >= 0.3 is 0 Å². The van der Waals surface area contributed by atoms with E-state index in [-0.39, 0.29) is 0 Å². The van der Waals surface area contributed by atoms with Crippen LogP contribution in [0.4, 0.5) is 0 Å². The van der Waals surface area contributed by atoms with Crippen molar-refractivity contribution in [1.82, 2.24) is 0 Å². The first-order valence-corrected chi connectivity index (χ1v) is 5.85. The quantitative estimate of drug-likeness (QED) is 0.301. The highest BCUT2D eigenvalue weighted by atomic mass is 16.1. The molecule has 0 aliphatic rings. The molecule has 90 valence electrons. The molecule has 0 aromatic carbocycles. The van der Waals surface area contributed by atoms with Crippen molar-refractivity contribution in [3.8, 4) is 0 Å². The van der Waals surface area contributed by atoms with Crippen LogP contribution in [0.25, 0.3) is 0 Å². The largest absolute Gasteiger partial charge is 0.305 e. The maximum atomic E-state index is 10.7. The molecule has 16 heavy (non-hydrogen) atoms. The molecule has 0 rings (SSSR count). The van der Waals surface area contributed by atoms with E-state index in [9.17, 15) is 4.79 Å². The van der Waals surface area contributed by atoms with Crippen molar-refractivity contribution in [2.24, 2.45) is 5.92 Å². The zero-order valence-electron chi connectivity index (χ0n) is 10.8. The second-order valence-corrected chi connectivity index (χ2v) is 4.72.